The zero-order valence-electron chi connectivity index (χ0n) is 9.99. The first-order valence-electron chi connectivity index (χ1n) is 5.22. The lowest BCUT2D eigenvalue weighted by molar-refractivity contribution is -0.136. The minimum atomic E-state index is -1.26. The van der Waals surface area contributed by atoms with Gasteiger partial charge in [-0.1, -0.05) is 0 Å². The van der Waals surface area contributed by atoms with Gasteiger partial charge in [-0.25, -0.2) is 9.97 Å². The third-order valence-corrected chi connectivity index (χ3v) is 1.93. The number of amides is 2. The molecular formula is C10H10N4O6. The number of nitrogens with one attached hydrogen (secondary N) is 2. The predicted molar refractivity (Wildman–Crippen MR) is 62.0 cm³/mol. The maximum absolute atomic E-state index is 11.6. The van der Waals surface area contributed by atoms with Crippen LogP contribution >= 0.6 is 0 Å². The summed E-state index contributed by atoms with van der Waals surface area (Å²) in [6.07, 6.45) is 2.29. The van der Waals surface area contributed by atoms with Crippen LogP contribution < -0.4 is 10.6 Å². The summed E-state index contributed by atoms with van der Waals surface area (Å²) in [7, 11) is 0. The summed E-state index contributed by atoms with van der Waals surface area (Å²) < 4.78 is 0. The van der Waals surface area contributed by atoms with E-state index < -0.39 is 48.2 Å². The second-order valence-electron chi connectivity index (χ2n) is 3.41. The molecule has 1 aromatic heterocycles. The van der Waals surface area contributed by atoms with Gasteiger partial charge < -0.3 is 20.8 Å². The lowest BCUT2D eigenvalue weighted by Gasteiger charge is -2.06. The maximum Gasteiger partial charge on any atom is 0.322 e. The third kappa shape index (κ3) is 4.33. The summed E-state index contributed by atoms with van der Waals surface area (Å²) in [5.41, 5.74) is -0.784. The van der Waals surface area contributed by atoms with Crippen LogP contribution in [-0.2, 0) is 9.59 Å². The SMILES string of the molecule is O=C(O)CNC(=O)c1nccnc1C(=O)NCC(=O)O. The highest BCUT2D eigenvalue weighted by Crippen LogP contribution is 2.01. The van der Waals surface area contributed by atoms with Gasteiger partial charge in [0.25, 0.3) is 11.8 Å². The van der Waals surface area contributed by atoms with Gasteiger partial charge in [0.05, 0.1) is 0 Å². The molecule has 1 heterocycles. The summed E-state index contributed by atoms with van der Waals surface area (Å²) in [5.74, 6) is -4.33. The van der Waals surface area contributed by atoms with E-state index in [2.05, 4.69) is 9.97 Å². The lowest BCUT2D eigenvalue weighted by atomic mass is 10.2. The highest BCUT2D eigenvalue weighted by atomic mass is 16.4. The van der Waals surface area contributed by atoms with Crippen LogP contribution in [0.2, 0.25) is 0 Å². The number of rotatable bonds is 6. The Balaban J connectivity index is 2.87. The number of nitrogens with zero attached hydrogens (tertiary/aromatic N) is 2. The Morgan fingerprint density at radius 1 is 0.850 bits per heavy atom. The summed E-state index contributed by atoms with van der Waals surface area (Å²) in [6, 6.07) is 0. The number of aliphatic carboxylic acids is 2. The van der Waals surface area contributed by atoms with Gasteiger partial charge in [-0.15, -0.1) is 0 Å². The van der Waals surface area contributed by atoms with Crippen LogP contribution in [0.1, 0.15) is 21.0 Å². The first-order chi connectivity index (χ1) is 9.41. The second kappa shape index (κ2) is 6.78. The van der Waals surface area contributed by atoms with E-state index in [1.807, 2.05) is 10.6 Å². The molecule has 0 spiro atoms. The van der Waals surface area contributed by atoms with Crippen LogP contribution in [-0.4, -0.2) is 57.0 Å². The predicted octanol–water partition coefficient (Wildman–Crippen LogP) is -1.89. The molecule has 2 amide bonds. The van der Waals surface area contributed by atoms with Gasteiger partial charge in [0.15, 0.2) is 11.4 Å². The molecular weight excluding hydrogens is 272 g/mol. The van der Waals surface area contributed by atoms with Crippen LogP contribution in [0, 0.1) is 0 Å². The molecule has 0 fully saturated rings. The van der Waals surface area contributed by atoms with Gasteiger partial charge in [-0.05, 0) is 0 Å². The average Bonchev–Trinajstić information content (AvgIpc) is 2.42. The number of hydrogen-bond donors (Lipinski definition) is 4. The smallest absolute Gasteiger partial charge is 0.322 e. The van der Waals surface area contributed by atoms with E-state index in [-0.39, 0.29) is 0 Å². The van der Waals surface area contributed by atoms with Crippen LogP contribution in [0.4, 0.5) is 0 Å². The molecule has 0 radical (unpaired) electrons. The Hall–Kier alpha value is -3.04. The Kier molecular flexibility index (Phi) is 5.09. The van der Waals surface area contributed by atoms with Crippen LogP contribution in [0.3, 0.4) is 0 Å². The summed E-state index contributed by atoms with van der Waals surface area (Å²) in [4.78, 5) is 51.2. The molecule has 0 aliphatic heterocycles. The molecule has 1 aromatic rings. The Morgan fingerprint density at radius 3 is 1.50 bits per heavy atom. The van der Waals surface area contributed by atoms with E-state index in [0.29, 0.717) is 0 Å². The van der Waals surface area contributed by atoms with E-state index in [0.717, 1.165) is 12.4 Å². The van der Waals surface area contributed by atoms with Crippen molar-refractivity contribution in [3.63, 3.8) is 0 Å². The number of hydrogen-bond acceptors (Lipinski definition) is 6. The van der Waals surface area contributed by atoms with Gasteiger partial charge in [-0.2, -0.15) is 0 Å². The third-order valence-electron chi connectivity index (χ3n) is 1.93. The molecule has 0 bridgehead atoms. The maximum atomic E-state index is 11.6. The molecule has 10 nitrogen and oxygen atoms in total. The van der Waals surface area contributed by atoms with E-state index in [1.165, 1.54) is 0 Å². The molecule has 0 aromatic carbocycles. The molecule has 20 heavy (non-hydrogen) atoms. The molecule has 10 heteroatoms. The standard InChI is InChI=1S/C10H10N4O6/c15-5(16)3-13-9(19)7-8(12-2-1-11-7)10(20)14-4-6(17)18/h1-2H,3-4H2,(H,13,19)(H,14,20)(H,15,16)(H,17,18). The van der Waals surface area contributed by atoms with Gasteiger partial charge in [0.2, 0.25) is 0 Å². The quantitative estimate of drug-likeness (QED) is 0.471. The Labute approximate surface area is 111 Å². The van der Waals surface area contributed by atoms with E-state index in [1.54, 1.807) is 0 Å². The van der Waals surface area contributed by atoms with Crippen LogP contribution in [0.15, 0.2) is 12.4 Å². The topological polar surface area (TPSA) is 159 Å². The first-order valence-corrected chi connectivity index (χ1v) is 5.22. The molecule has 0 atom stereocenters. The fourth-order valence-corrected chi connectivity index (χ4v) is 1.15. The van der Waals surface area contributed by atoms with Crippen molar-refractivity contribution in [3.05, 3.63) is 23.8 Å². The number of aromatic nitrogens is 2. The van der Waals surface area contributed by atoms with Gasteiger partial charge in [0.1, 0.15) is 13.1 Å². The van der Waals surface area contributed by atoms with Crippen molar-refractivity contribution in [2.24, 2.45) is 0 Å². The fourth-order valence-electron chi connectivity index (χ4n) is 1.15. The number of carboxylic acids is 2. The van der Waals surface area contributed by atoms with E-state index in [9.17, 15) is 19.2 Å². The fraction of sp³-hybridized carbons (Fsp3) is 0.200. The normalized spacial score (nSPS) is 9.60. The highest BCUT2D eigenvalue weighted by molar-refractivity contribution is 6.05. The van der Waals surface area contributed by atoms with Gasteiger partial charge in [-0.3, -0.25) is 19.2 Å². The van der Waals surface area contributed by atoms with Crippen LogP contribution in [0.25, 0.3) is 0 Å². The second-order valence-corrected chi connectivity index (χ2v) is 3.41. The number of carboxylic acid groups (broad SMARTS) is 2. The zero-order chi connectivity index (χ0) is 15.1. The summed E-state index contributed by atoms with van der Waals surface area (Å²) in [6.45, 7) is -1.29. The van der Waals surface area contributed by atoms with Crippen molar-refractivity contribution in [2.75, 3.05) is 13.1 Å². The molecule has 0 aliphatic rings. The minimum Gasteiger partial charge on any atom is -0.480 e. The van der Waals surface area contributed by atoms with Gasteiger partial charge >= 0.3 is 11.9 Å². The molecule has 0 saturated heterocycles. The summed E-state index contributed by atoms with van der Waals surface area (Å²) in [5, 5.41) is 20.9. The van der Waals surface area contributed by atoms with Crippen molar-refractivity contribution >= 4 is 23.8 Å². The van der Waals surface area contributed by atoms with Crippen molar-refractivity contribution in [1.82, 2.24) is 20.6 Å². The molecule has 0 aliphatic carbocycles. The number of carbonyl (C=O) groups is 4. The Morgan fingerprint density at radius 2 is 1.20 bits per heavy atom. The zero-order valence-corrected chi connectivity index (χ0v) is 9.99. The van der Waals surface area contributed by atoms with E-state index >= 15 is 0 Å². The number of carbonyl (C=O) groups excluding carboxylic acids is 2. The molecule has 0 unspecified atom stereocenters. The Bertz CT molecular complexity index is 509. The van der Waals surface area contributed by atoms with Crippen molar-refractivity contribution in [2.45, 2.75) is 0 Å². The summed E-state index contributed by atoms with van der Waals surface area (Å²) >= 11 is 0. The lowest BCUT2D eigenvalue weighted by Crippen LogP contribution is -2.35. The first kappa shape index (κ1) is 15.0. The molecule has 0 saturated carbocycles. The van der Waals surface area contributed by atoms with Crippen molar-refractivity contribution in [1.29, 1.82) is 0 Å². The molecule has 1 rings (SSSR count). The van der Waals surface area contributed by atoms with Crippen molar-refractivity contribution < 1.29 is 29.4 Å². The van der Waals surface area contributed by atoms with Gasteiger partial charge in [0, 0.05) is 12.4 Å². The van der Waals surface area contributed by atoms with E-state index in [4.69, 9.17) is 10.2 Å². The van der Waals surface area contributed by atoms with Crippen LogP contribution in [0.5, 0.6) is 0 Å². The highest BCUT2D eigenvalue weighted by Gasteiger charge is 2.20. The molecule has 4 N–H and O–H groups in total. The monoisotopic (exact) mass is 282 g/mol. The average molecular weight is 282 g/mol. The minimum absolute atomic E-state index is 0.392. The molecule has 106 valence electrons. The largest absolute Gasteiger partial charge is 0.480 e. The van der Waals surface area contributed by atoms with Crippen molar-refractivity contribution in [3.8, 4) is 0 Å².